The summed E-state index contributed by atoms with van der Waals surface area (Å²) in [6.45, 7) is -0.591. The maximum atomic E-state index is 11.6. The van der Waals surface area contributed by atoms with Gasteiger partial charge in [-0.1, -0.05) is 126 Å². The number of halogens is 3. The van der Waals surface area contributed by atoms with Crippen LogP contribution in [0.1, 0.15) is 23.1 Å². The molecule has 0 amide bonds. The van der Waals surface area contributed by atoms with Gasteiger partial charge in [0.1, 0.15) is 17.3 Å². The van der Waals surface area contributed by atoms with Crippen molar-refractivity contribution in [2.24, 2.45) is 0 Å². The molecule has 0 spiro atoms. The minimum Gasteiger partial charge on any atom is -0.506 e. The molecule has 5 N–H and O–H groups in total. The zero-order valence-corrected chi connectivity index (χ0v) is 22.0. The van der Waals surface area contributed by atoms with Gasteiger partial charge in [0.2, 0.25) is 3.79 Å². The lowest BCUT2D eigenvalue weighted by Crippen LogP contribution is -2.56. The van der Waals surface area contributed by atoms with Crippen LogP contribution in [0.5, 0.6) is 0 Å². The van der Waals surface area contributed by atoms with Gasteiger partial charge in [-0.25, -0.2) is 0 Å². The molecule has 3 aromatic carbocycles. The number of aliphatic hydroxyl groups is 4. The van der Waals surface area contributed by atoms with E-state index in [0.717, 1.165) is 16.7 Å². The minimum absolute atomic E-state index is 0.160. The first-order valence-electron chi connectivity index (χ1n) is 11.7. The molecule has 0 saturated heterocycles. The van der Waals surface area contributed by atoms with Gasteiger partial charge in [-0.2, -0.15) is 0 Å². The quantitative estimate of drug-likeness (QED) is 0.192. The van der Waals surface area contributed by atoms with E-state index < -0.39 is 45.3 Å². The van der Waals surface area contributed by atoms with Gasteiger partial charge in [-0.15, -0.1) is 0 Å². The Labute approximate surface area is 230 Å². The van der Waals surface area contributed by atoms with E-state index in [2.05, 4.69) is 5.32 Å². The molecule has 0 bridgehead atoms. The summed E-state index contributed by atoms with van der Waals surface area (Å²) in [7, 11) is 0. The molecule has 0 heterocycles. The highest BCUT2D eigenvalue weighted by atomic mass is 35.6. The first kappa shape index (κ1) is 27.7. The molecule has 3 atom stereocenters. The van der Waals surface area contributed by atoms with Crippen LogP contribution in [0.3, 0.4) is 0 Å². The second kappa shape index (κ2) is 11.2. The topological polar surface area (TPSA) is 102 Å². The third-order valence-corrected chi connectivity index (χ3v) is 6.94. The van der Waals surface area contributed by atoms with Crippen LogP contribution < -0.4 is 5.32 Å². The van der Waals surface area contributed by atoms with E-state index in [1.54, 1.807) is 0 Å². The van der Waals surface area contributed by atoms with Crippen molar-refractivity contribution in [3.63, 3.8) is 0 Å². The molecule has 196 valence electrons. The van der Waals surface area contributed by atoms with Crippen molar-refractivity contribution in [3.8, 4) is 0 Å². The third-order valence-electron chi connectivity index (χ3n) is 6.54. The van der Waals surface area contributed by atoms with Crippen LogP contribution in [-0.4, -0.2) is 55.1 Å². The van der Waals surface area contributed by atoms with Crippen molar-refractivity contribution >= 4 is 34.8 Å². The van der Waals surface area contributed by atoms with Gasteiger partial charge in [-0.3, -0.25) is 0 Å². The maximum absolute atomic E-state index is 11.6. The Morgan fingerprint density at radius 3 is 1.65 bits per heavy atom. The van der Waals surface area contributed by atoms with Crippen LogP contribution in [0.15, 0.2) is 103 Å². The van der Waals surface area contributed by atoms with Crippen LogP contribution in [0, 0.1) is 0 Å². The van der Waals surface area contributed by atoms with Gasteiger partial charge >= 0.3 is 0 Å². The molecule has 0 aromatic heterocycles. The molecule has 1 aliphatic rings. The van der Waals surface area contributed by atoms with E-state index in [4.69, 9.17) is 39.5 Å². The standard InChI is InChI=1S/C28H28Cl3NO5/c29-27(30,31)17-32-22-16-26(36,25(35)24(34)23(22)33)18-37-28(19-10-4-1-5-11-19,20-12-6-2-7-13-20)21-14-8-3-9-15-21/h1-15,22-23,32-36H,16-18H2. The Morgan fingerprint density at radius 1 is 0.811 bits per heavy atom. The van der Waals surface area contributed by atoms with Crippen molar-refractivity contribution in [1.29, 1.82) is 0 Å². The molecular formula is C28H28Cl3NO5. The van der Waals surface area contributed by atoms with E-state index in [1.165, 1.54) is 0 Å². The summed E-state index contributed by atoms with van der Waals surface area (Å²) in [5.74, 6) is -1.54. The van der Waals surface area contributed by atoms with Crippen LogP contribution >= 0.6 is 34.8 Å². The second-order valence-corrected chi connectivity index (χ2v) is 11.6. The lowest BCUT2D eigenvalue weighted by Gasteiger charge is -2.42. The predicted molar refractivity (Wildman–Crippen MR) is 145 cm³/mol. The highest BCUT2D eigenvalue weighted by Gasteiger charge is 2.49. The van der Waals surface area contributed by atoms with E-state index in [-0.39, 0.29) is 13.0 Å². The Balaban J connectivity index is 1.77. The average Bonchev–Trinajstić information content (AvgIpc) is 2.91. The van der Waals surface area contributed by atoms with Crippen LogP contribution in [0.25, 0.3) is 0 Å². The van der Waals surface area contributed by atoms with Gasteiger partial charge in [0.25, 0.3) is 0 Å². The highest BCUT2D eigenvalue weighted by Crippen LogP contribution is 2.43. The molecule has 0 saturated carbocycles. The van der Waals surface area contributed by atoms with Gasteiger partial charge in [0.05, 0.1) is 6.61 Å². The summed E-state index contributed by atoms with van der Waals surface area (Å²) in [5, 5.41) is 46.2. The summed E-state index contributed by atoms with van der Waals surface area (Å²) in [5.41, 5.74) is -0.842. The Bertz CT molecular complexity index is 1110. The number of benzene rings is 3. The van der Waals surface area contributed by atoms with Crippen molar-refractivity contribution in [3.05, 3.63) is 119 Å². The molecule has 3 aromatic rings. The number of alkyl halides is 3. The fourth-order valence-corrected chi connectivity index (χ4v) is 4.93. The Morgan fingerprint density at radius 2 is 1.24 bits per heavy atom. The largest absolute Gasteiger partial charge is 0.506 e. The molecule has 0 aliphatic heterocycles. The molecule has 4 rings (SSSR count). The lowest BCUT2D eigenvalue weighted by atomic mass is 9.79. The molecule has 3 unspecified atom stereocenters. The summed E-state index contributed by atoms with van der Waals surface area (Å²) >= 11 is 17.5. The number of ether oxygens (including phenoxy) is 1. The van der Waals surface area contributed by atoms with Crippen LogP contribution in [0.4, 0.5) is 0 Å². The normalized spacial score (nSPS) is 22.7. The SMILES string of the molecule is OC1=C(O)C(O)(COC(c2ccccc2)(c2ccccc2)c2ccccc2)CC(NCC(Cl)(Cl)Cl)C1O. The van der Waals surface area contributed by atoms with E-state index >= 15 is 0 Å². The maximum Gasteiger partial charge on any atom is 0.202 e. The van der Waals surface area contributed by atoms with Gasteiger partial charge in [0, 0.05) is 19.0 Å². The summed E-state index contributed by atoms with van der Waals surface area (Å²) in [6, 6.07) is 27.7. The third kappa shape index (κ3) is 5.91. The van der Waals surface area contributed by atoms with Crippen molar-refractivity contribution < 1.29 is 25.2 Å². The van der Waals surface area contributed by atoms with Gasteiger partial charge in [-0.05, 0) is 16.7 Å². The zero-order valence-electron chi connectivity index (χ0n) is 19.8. The molecule has 6 nitrogen and oxygen atoms in total. The van der Waals surface area contributed by atoms with Crippen molar-refractivity contribution in [2.75, 3.05) is 13.2 Å². The smallest absolute Gasteiger partial charge is 0.202 e. The van der Waals surface area contributed by atoms with Crippen LogP contribution in [-0.2, 0) is 10.3 Å². The fraction of sp³-hybridized carbons (Fsp3) is 0.286. The van der Waals surface area contributed by atoms with E-state index in [1.807, 2.05) is 91.0 Å². The number of hydrogen-bond donors (Lipinski definition) is 5. The zero-order chi connectivity index (χ0) is 26.7. The number of rotatable bonds is 8. The monoisotopic (exact) mass is 563 g/mol. The summed E-state index contributed by atoms with van der Waals surface area (Å²) < 4.78 is 4.96. The number of hydrogen-bond acceptors (Lipinski definition) is 6. The molecule has 0 fully saturated rings. The Hall–Kier alpha value is -2.29. The van der Waals surface area contributed by atoms with Gasteiger partial charge in [0.15, 0.2) is 11.5 Å². The first-order valence-corrected chi connectivity index (χ1v) is 12.8. The van der Waals surface area contributed by atoms with E-state index in [9.17, 15) is 20.4 Å². The average molecular weight is 565 g/mol. The predicted octanol–water partition coefficient (Wildman–Crippen LogP) is 5.15. The van der Waals surface area contributed by atoms with Crippen molar-refractivity contribution in [2.45, 2.75) is 33.6 Å². The molecule has 37 heavy (non-hydrogen) atoms. The summed E-state index contributed by atoms with van der Waals surface area (Å²) in [4.78, 5) is 0. The molecule has 0 radical (unpaired) electrons. The van der Waals surface area contributed by atoms with Crippen LogP contribution in [0.2, 0.25) is 0 Å². The molecular weight excluding hydrogens is 537 g/mol. The fourth-order valence-electron chi connectivity index (χ4n) is 4.70. The summed E-state index contributed by atoms with van der Waals surface area (Å²) in [6.07, 6.45) is -1.74. The number of aliphatic hydroxyl groups excluding tert-OH is 3. The van der Waals surface area contributed by atoms with E-state index in [0.29, 0.717) is 0 Å². The minimum atomic E-state index is -2.06. The highest BCUT2D eigenvalue weighted by molar-refractivity contribution is 6.67. The van der Waals surface area contributed by atoms with Gasteiger partial charge < -0.3 is 30.5 Å². The molecule has 1 aliphatic carbocycles. The molecule has 9 heteroatoms. The van der Waals surface area contributed by atoms with Crippen molar-refractivity contribution in [1.82, 2.24) is 5.32 Å². The lowest BCUT2D eigenvalue weighted by molar-refractivity contribution is -0.113. The number of nitrogens with one attached hydrogen (secondary N) is 1. The first-order chi connectivity index (χ1) is 17.6. The Kier molecular flexibility index (Phi) is 8.41. The second-order valence-electron chi connectivity index (χ2n) is 9.08.